The third-order valence-corrected chi connectivity index (χ3v) is 5.12. The van der Waals surface area contributed by atoms with Gasteiger partial charge in [-0.05, 0) is 24.7 Å². The van der Waals surface area contributed by atoms with Crippen LogP contribution in [0.15, 0.2) is 60.7 Å². The van der Waals surface area contributed by atoms with E-state index in [0.29, 0.717) is 5.56 Å². The minimum Gasteiger partial charge on any atom is -0.450 e. The number of hydrogen-bond donors (Lipinski definition) is 0. The Morgan fingerprint density at radius 3 is 2.17 bits per heavy atom. The summed E-state index contributed by atoms with van der Waals surface area (Å²) in [6, 6.07) is 19.4. The smallest absolute Gasteiger partial charge is 0.339 e. The van der Waals surface area contributed by atoms with Gasteiger partial charge < -0.3 is 9.64 Å². The molecule has 2 aromatic rings. The predicted octanol–water partition coefficient (Wildman–Crippen LogP) is 4.10. The number of rotatable bonds is 3. The Kier molecular flexibility index (Phi) is 4.46. The van der Waals surface area contributed by atoms with Crippen LogP contribution in [0.2, 0.25) is 0 Å². The van der Waals surface area contributed by atoms with Gasteiger partial charge in [-0.25, -0.2) is 4.79 Å². The fourth-order valence-electron chi connectivity index (χ4n) is 3.85. The summed E-state index contributed by atoms with van der Waals surface area (Å²) in [6.07, 6.45) is 0.791. The molecule has 0 N–H and O–H groups in total. The zero-order valence-corrected chi connectivity index (χ0v) is 14.7. The van der Waals surface area contributed by atoms with Crippen LogP contribution in [0.4, 0.5) is 0 Å². The first-order valence-electron chi connectivity index (χ1n) is 8.47. The molecular weight excluding hydrogens is 298 g/mol. The van der Waals surface area contributed by atoms with Crippen LogP contribution in [0, 0.1) is 5.41 Å². The van der Waals surface area contributed by atoms with E-state index in [9.17, 15) is 4.79 Å². The average molecular weight is 323 g/mol. The molecule has 1 aliphatic heterocycles. The molecule has 3 rings (SSSR count). The first-order valence-corrected chi connectivity index (χ1v) is 8.47. The minimum atomic E-state index is -0.617. The van der Waals surface area contributed by atoms with Crippen molar-refractivity contribution in [2.24, 2.45) is 5.41 Å². The van der Waals surface area contributed by atoms with E-state index in [2.05, 4.69) is 37.9 Å². The Balaban J connectivity index is 2.02. The summed E-state index contributed by atoms with van der Waals surface area (Å²) < 4.78 is 6.25. The maximum absolute atomic E-state index is 12.8. The minimum absolute atomic E-state index is 0.189. The van der Waals surface area contributed by atoms with E-state index in [-0.39, 0.29) is 11.4 Å². The predicted molar refractivity (Wildman–Crippen MR) is 95.9 cm³/mol. The highest BCUT2D eigenvalue weighted by molar-refractivity contribution is 5.89. The van der Waals surface area contributed by atoms with Gasteiger partial charge in [-0.2, -0.15) is 0 Å². The molecule has 0 radical (unpaired) electrons. The molecule has 1 heterocycles. The Labute approximate surface area is 144 Å². The highest BCUT2D eigenvalue weighted by atomic mass is 16.6. The van der Waals surface area contributed by atoms with Crippen LogP contribution in [-0.4, -0.2) is 31.0 Å². The van der Waals surface area contributed by atoms with E-state index in [4.69, 9.17) is 4.74 Å². The van der Waals surface area contributed by atoms with Crippen molar-refractivity contribution in [1.29, 1.82) is 0 Å². The van der Waals surface area contributed by atoms with E-state index in [1.807, 2.05) is 48.5 Å². The second-order valence-corrected chi connectivity index (χ2v) is 7.32. The van der Waals surface area contributed by atoms with Crippen molar-refractivity contribution in [3.63, 3.8) is 0 Å². The van der Waals surface area contributed by atoms with Crippen molar-refractivity contribution in [3.8, 4) is 0 Å². The Morgan fingerprint density at radius 2 is 1.58 bits per heavy atom. The lowest BCUT2D eigenvalue weighted by atomic mass is 9.66. The average Bonchev–Trinajstić information content (AvgIpc) is 2.58. The summed E-state index contributed by atoms with van der Waals surface area (Å²) >= 11 is 0. The molecule has 0 aromatic heterocycles. The van der Waals surface area contributed by atoms with Gasteiger partial charge in [-0.15, -0.1) is 0 Å². The fourth-order valence-corrected chi connectivity index (χ4v) is 3.85. The van der Waals surface area contributed by atoms with E-state index in [1.165, 1.54) is 0 Å². The van der Waals surface area contributed by atoms with Crippen molar-refractivity contribution >= 4 is 5.97 Å². The van der Waals surface area contributed by atoms with Crippen LogP contribution in [0.25, 0.3) is 0 Å². The van der Waals surface area contributed by atoms with Gasteiger partial charge in [0.25, 0.3) is 0 Å². The molecule has 126 valence electrons. The monoisotopic (exact) mass is 323 g/mol. The van der Waals surface area contributed by atoms with Crippen molar-refractivity contribution in [3.05, 3.63) is 71.8 Å². The molecule has 0 bridgehead atoms. The second-order valence-electron chi connectivity index (χ2n) is 7.32. The van der Waals surface area contributed by atoms with Crippen LogP contribution in [0.5, 0.6) is 0 Å². The highest BCUT2D eigenvalue weighted by Gasteiger charge is 2.52. The van der Waals surface area contributed by atoms with Gasteiger partial charge in [0, 0.05) is 24.9 Å². The summed E-state index contributed by atoms with van der Waals surface area (Å²) in [5.41, 5.74) is 0.870. The van der Waals surface area contributed by atoms with Gasteiger partial charge in [0.05, 0.1) is 5.56 Å². The van der Waals surface area contributed by atoms with Crippen LogP contribution in [0.3, 0.4) is 0 Å². The highest BCUT2D eigenvalue weighted by Crippen LogP contribution is 2.49. The van der Waals surface area contributed by atoms with Gasteiger partial charge in [0.2, 0.25) is 0 Å². The molecule has 0 spiro atoms. The standard InChI is InChI=1S/C21H25NO2/c1-20(2)16-22(3)15-14-21(20,18-12-8-5-9-13-18)24-19(23)17-10-6-4-7-11-17/h4-13H,14-16H2,1-3H3/t21-/m0/s1. The van der Waals surface area contributed by atoms with Crippen LogP contribution in [-0.2, 0) is 10.3 Å². The number of likely N-dealkylation sites (tertiary alicyclic amines) is 1. The lowest BCUT2D eigenvalue weighted by Crippen LogP contribution is -2.56. The molecular formula is C21H25NO2. The molecule has 1 fully saturated rings. The number of ether oxygens (including phenoxy) is 1. The molecule has 1 atom stereocenters. The van der Waals surface area contributed by atoms with Crippen LogP contribution < -0.4 is 0 Å². The number of esters is 1. The molecule has 24 heavy (non-hydrogen) atoms. The summed E-state index contributed by atoms with van der Waals surface area (Å²) in [7, 11) is 2.12. The number of hydrogen-bond acceptors (Lipinski definition) is 3. The Bertz CT molecular complexity index is 696. The van der Waals surface area contributed by atoms with E-state index >= 15 is 0 Å². The number of carbonyl (C=O) groups excluding carboxylic acids is 1. The molecule has 3 nitrogen and oxygen atoms in total. The molecule has 3 heteroatoms. The lowest BCUT2D eigenvalue weighted by molar-refractivity contribution is -0.130. The maximum atomic E-state index is 12.8. The Hall–Kier alpha value is -2.13. The molecule has 2 aromatic carbocycles. The third kappa shape index (κ3) is 2.96. The van der Waals surface area contributed by atoms with Crippen molar-refractivity contribution in [2.75, 3.05) is 20.1 Å². The van der Waals surface area contributed by atoms with E-state index in [0.717, 1.165) is 25.1 Å². The van der Waals surface area contributed by atoms with Crippen LogP contribution >= 0.6 is 0 Å². The Morgan fingerprint density at radius 1 is 1.00 bits per heavy atom. The summed E-state index contributed by atoms with van der Waals surface area (Å²) in [6.45, 7) is 6.16. The quantitative estimate of drug-likeness (QED) is 0.797. The number of piperidine rings is 1. The zero-order chi connectivity index (χ0) is 17.2. The first kappa shape index (κ1) is 16.7. The van der Waals surface area contributed by atoms with Gasteiger partial charge in [-0.3, -0.25) is 0 Å². The SMILES string of the molecule is CN1CC[C@](OC(=O)c2ccccc2)(c2ccccc2)C(C)(C)C1. The zero-order valence-electron chi connectivity index (χ0n) is 14.7. The van der Waals surface area contributed by atoms with Crippen molar-refractivity contribution < 1.29 is 9.53 Å². The second kappa shape index (κ2) is 6.40. The number of benzene rings is 2. The molecule has 0 unspecified atom stereocenters. The normalized spacial score (nSPS) is 23.6. The molecule has 1 saturated heterocycles. The van der Waals surface area contributed by atoms with Gasteiger partial charge in [0.1, 0.15) is 5.60 Å². The fraction of sp³-hybridized carbons (Fsp3) is 0.381. The largest absolute Gasteiger partial charge is 0.450 e. The molecule has 1 aliphatic rings. The molecule has 0 saturated carbocycles. The lowest BCUT2D eigenvalue weighted by Gasteiger charge is -2.52. The topological polar surface area (TPSA) is 29.5 Å². The molecule has 0 amide bonds. The van der Waals surface area contributed by atoms with Gasteiger partial charge in [-0.1, -0.05) is 62.4 Å². The number of carbonyl (C=O) groups is 1. The molecule has 0 aliphatic carbocycles. The summed E-state index contributed by atoms with van der Waals surface area (Å²) in [4.78, 5) is 15.1. The van der Waals surface area contributed by atoms with E-state index < -0.39 is 5.60 Å². The van der Waals surface area contributed by atoms with E-state index in [1.54, 1.807) is 0 Å². The van der Waals surface area contributed by atoms with Crippen molar-refractivity contribution in [2.45, 2.75) is 25.9 Å². The van der Waals surface area contributed by atoms with Crippen LogP contribution in [0.1, 0.15) is 36.2 Å². The third-order valence-electron chi connectivity index (χ3n) is 5.12. The maximum Gasteiger partial charge on any atom is 0.339 e. The van der Waals surface area contributed by atoms with Crippen molar-refractivity contribution in [1.82, 2.24) is 4.90 Å². The van der Waals surface area contributed by atoms with Gasteiger partial charge in [0.15, 0.2) is 0 Å². The number of nitrogens with zero attached hydrogens (tertiary/aromatic N) is 1. The summed E-state index contributed by atoms with van der Waals surface area (Å²) in [5.74, 6) is -0.253. The first-order chi connectivity index (χ1) is 11.4. The summed E-state index contributed by atoms with van der Waals surface area (Å²) in [5, 5.41) is 0. The van der Waals surface area contributed by atoms with Gasteiger partial charge >= 0.3 is 5.97 Å².